The smallest absolute Gasteiger partial charge is 0.237 e. The summed E-state index contributed by atoms with van der Waals surface area (Å²) in [6, 6.07) is 0.461. The zero-order chi connectivity index (χ0) is 12.6. The normalized spacial score (nSPS) is 31.3. The first-order chi connectivity index (χ1) is 7.89. The molecule has 3 N–H and O–H groups in total. The maximum absolute atomic E-state index is 12.1. The Labute approximate surface area is 104 Å². The molecule has 2 fully saturated rings. The van der Waals surface area contributed by atoms with Crippen LogP contribution in [0.2, 0.25) is 0 Å². The molecule has 0 bridgehead atoms. The number of carbonyl (C=O) groups is 1. The second-order valence-electron chi connectivity index (χ2n) is 6.49. The van der Waals surface area contributed by atoms with Crippen LogP contribution in [0.25, 0.3) is 0 Å². The molecule has 0 aromatic rings. The van der Waals surface area contributed by atoms with E-state index in [1.165, 1.54) is 19.4 Å². The Kier molecular flexibility index (Phi) is 3.46. The molecule has 17 heavy (non-hydrogen) atoms. The van der Waals surface area contributed by atoms with Crippen molar-refractivity contribution in [1.29, 1.82) is 0 Å². The van der Waals surface area contributed by atoms with Crippen molar-refractivity contribution in [3.63, 3.8) is 0 Å². The lowest BCUT2D eigenvalue weighted by molar-refractivity contribution is -0.125. The monoisotopic (exact) mass is 239 g/mol. The van der Waals surface area contributed by atoms with Gasteiger partial charge in [-0.15, -0.1) is 0 Å². The summed E-state index contributed by atoms with van der Waals surface area (Å²) < 4.78 is 0. The summed E-state index contributed by atoms with van der Waals surface area (Å²) in [6.45, 7) is 8.35. The molecular weight excluding hydrogens is 214 g/mol. The number of amides is 1. The molecule has 3 atom stereocenters. The van der Waals surface area contributed by atoms with Gasteiger partial charge in [0.05, 0.1) is 6.04 Å². The van der Waals surface area contributed by atoms with Crippen LogP contribution in [0.3, 0.4) is 0 Å². The van der Waals surface area contributed by atoms with E-state index in [0.29, 0.717) is 12.1 Å². The number of nitrogens with one attached hydrogen (secondary N) is 1. The molecule has 0 radical (unpaired) electrons. The van der Waals surface area contributed by atoms with E-state index in [1.807, 2.05) is 20.8 Å². The first kappa shape index (κ1) is 12.8. The second-order valence-corrected chi connectivity index (χ2v) is 6.49. The Hall–Kier alpha value is -0.610. The molecule has 98 valence electrons. The van der Waals surface area contributed by atoms with Gasteiger partial charge in [-0.05, 0) is 31.2 Å². The molecule has 4 nitrogen and oxygen atoms in total. The summed E-state index contributed by atoms with van der Waals surface area (Å²) in [5.74, 6) is 0.0104. The minimum Gasteiger partial charge on any atom is -0.350 e. The van der Waals surface area contributed by atoms with Crippen molar-refractivity contribution in [2.24, 2.45) is 11.1 Å². The summed E-state index contributed by atoms with van der Waals surface area (Å²) >= 11 is 0. The number of nitrogens with zero attached hydrogens (tertiary/aromatic N) is 1. The van der Waals surface area contributed by atoms with Crippen LogP contribution in [0.5, 0.6) is 0 Å². The molecule has 0 aromatic carbocycles. The molecule has 4 heteroatoms. The topological polar surface area (TPSA) is 58.4 Å². The lowest BCUT2D eigenvalue weighted by atomic mass is 9.86. The van der Waals surface area contributed by atoms with Gasteiger partial charge in [-0.3, -0.25) is 9.69 Å². The van der Waals surface area contributed by atoms with E-state index in [2.05, 4.69) is 10.2 Å². The third-order valence-electron chi connectivity index (χ3n) is 4.15. The van der Waals surface area contributed by atoms with Gasteiger partial charge in [-0.2, -0.15) is 0 Å². The van der Waals surface area contributed by atoms with Crippen LogP contribution in [0, 0.1) is 5.41 Å². The van der Waals surface area contributed by atoms with Crippen LogP contribution in [0.15, 0.2) is 0 Å². The number of hydrogen-bond donors (Lipinski definition) is 2. The largest absolute Gasteiger partial charge is 0.350 e. The first-order valence-corrected chi connectivity index (χ1v) is 6.69. The Morgan fingerprint density at radius 2 is 2.06 bits per heavy atom. The molecular formula is C13H25N3O. The van der Waals surface area contributed by atoms with Gasteiger partial charge in [0.25, 0.3) is 0 Å². The third kappa shape index (κ3) is 2.63. The summed E-state index contributed by atoms with van der Waals surface area (Å²) in [6.07, 6.45) is 3.56. The first-order valence-electron chi connectivity index (χ1n) is 6.69. The van der Waals surface area contributed by atoms with Gasteiger partial charge in [0.2, 0.25) is 5.91 Å². The zero-order valence-electron chi connectivity index (χ0n) is 11.2. The van der Waals surface area contributed by atoms with Crippen LogP contribution >= 0.6 is 0 Å². The van der Waals surface area contributed by atoms with E-state index in [1.54, 1.807) is 0 Å². The van der Waals surface area contributed by atoms with Crippen LogP contribution in [0.4, 0.5) is 0 Å². The van der Waals surface area contributed by atoms with Crippen LogP contribution < -0.4 is 11.1 Å². The van der Waals surface area contributed by atoms with Crippen molar-refractivity contribution < 1.29 is 4.79 Å². The molecule has 2 aliphatic heterocycles. The maximum atomic E-state index is 12.1. The van der Waals surface area contributed by atoms with Gasteiger partial charge in [-0.1, -0.05) is 20.8 Å². The highest BCUT2D eigenvalue weighted by molar-refractivity contribution is 5.82. The van der Waals surface area contributed by atoms with Crippen molar-refractivity contribution in [2.75, 3.05) is 13.1 Å². The van der Waals surface area contributed by atoms with Crippen molar-refractivity contribution in [3.8, 4) is 0 Å². The molecule has 0 aliphatic carbocycles. The predicted molar refractivity (Wildman–Crippen MR) is 68.6 cm³/mol. The summed E-state index contributed by atoms with van der Waals surface area (Å²) in [7, 11) is 0. The third-order valence-corrected chi connectivity index (χ3v) is 4.15. The number of hydrogen-bond acceptors (Lipinski definition) is 3. The molecule has 1 amide bonds. The number of carbonyl (C=O) groups excluding carboxylic acids is 1. The van der Waals surface area contributed by atoms with Gasteiger partial charge in [-0.25, -0.2) is 0 Å². The highest BCUT2D eigenvalue weighted by Gasteiger charge is 2.39. The lowest BCUT2D eigenvalue weighted by Gasteiger charge is -2.29. The molecule has 2 aliphatic rings. The SMILES string of the molecule is CC(C)(C)[C@@H](N)C(=O)NC1CCN2CCCC12. The van der Waals surface area contributed by atoms with E-state index in [0.717, 1.165) is 13.0 Å². The molecule has 2 unspecified atom stereocenters. The average molecular weight is 239 g/mol. The van der Waals surface area contributed by atoms with E-state index in [4.69, 9.17) is 5.73 Å². The van der Waals surface area contributed by atoms with Crippen molar-refractivity contribution in [1.82, 2.24) is 10.2 Å². The zero-order valence-corrected chi connectivity index (χ0v) is 11.2. The number of fused-ring (bicyclic) bond motifs is 1. The Bertz CT molecular complexity index is 298. The van der Waals surface area contributed by atoms with E-state index in [-0.39, 0.29) is 11.3 Å². The highest BCUT2D eigenvalue weighted by atomic mass is 16.2. The molecule has 0 aromatic heterocycles. The van der Waals surface area contributed by atoms with Crippen LogP contribution in [-0.4, -0.2) is 42.0 Å². The summed E-state index contributed by atoms with van der Waals surface area (Å²) in [4.78, 5) is 14.6. The van der Waals surface area contributed by atoms with Gasteiger partial charge in [0, 0.05) is 18.6 Å². The van der Waals surface area contributed by atoms with Crippen LogP contribution in [-0.2, 0) is 4.79 Å². The summed E-state index contributed by atoms with van der Waals surface area (Å²) in [5.41, 5.74) is 5.82. The van der Waals surface area contributed by atoms with Gasteiger partial charge >= 0.3 is 0 Å². The fourth-order valence-corrected chi connectivity index (χ4v) is 2.92. The highest BCUT2D eigenvalue weighted by Crippen LogP contribution is 2.28. The molecule has 2 heterocycles. The van der Waals surface area contributed by atoms with E-state index < -0.39 is 6.04 Å². The second kappa shape index (κ2) is 4.58. The predicted octanol–water partition coefficient (Wildman–Crippen LogP) is 0.713. The Balaban J connectivity index is 1.91. The van der Waals surface area contributed by atoms with Gasteiger partial charge in [0.1, 0.15) is 0 Å². The minimum atomic E-state index is -0.419. The standard InChI is InChI=1S/C13H25N3O/c1-13(2,3)11(14)12(17)15-9-6-8-16-7-4-5-10(9)16/h9-11H,4-8,14H2,1-3H3,(H,15,17)/t9?,10?,11-/m0/s1. The molecule has 0 spiro atoms. The van der Waals surface area contributed by atoms with E-state index >= 15 is 0 Å². The molecule has 0 saturated carbocycles. The summed E-state index contributed by atoms with van der Waals surface area (Å²) in [5, 5.41) is 3.15. The van der Waals surface area contributed by atoms with Gasteiger partial charge < -0.3 is 11.1 Å². The number of rotatable bonds is 2. The van der Waals surface area contributed by atoms with Crippen molar-refractivity contribution in [2.45, 2.75) is 58.2 Å². The maximum Gasteiger partial charge on any atom is 0.237 e. The minimum absolute atomic E-state index is 0.0104. The molecule has 2 rings (SSSR count). The van der Waals surface area contributed by atoms with E-state index in [9.17, 15) is 4.79 Å². The lowest BCUT2D eigenvalue weighted by Crippen LogP contribution is -2.53. The Morgan fingerprint density at radius 3 is 2.71 bits per heavy atom. The average Bonchev–Trinajstić information content (AvgIpc) is 2.80. The van der Waals surface area contributed by atoms with Crippen molar-refractivity contribution in [3.05, 3.63) is 0 Å². The van der Waals surface area contributed by atoms with Crippen LogP contribution in [0.1, 0.15) is 40.0 Å². The Morgan fingerprint density at radius 1 is 1.35 bits per heavy atom. The quantitative estimate of drug-likeness (QED) is 0.746. The van der Waals surface area contributed by atoms with Crippen molar-refractivity contribution >= 4 is 5.91 Å². The number of nitrogens with two attached hydrogens (primary N) is 1. The van der Waals surface area contributed by atoms with Gasteiger partial charge in [0.15, 0.2) is 0 Å². The fraction of sp³-hybridized carbons (Fsp3) is 0.923. The molecule has 2 saturated heterocycles. The fourth-order valence-electron chi connectivity index (χ4n) is 2.92.